The summed E-state index contributed by atoms with van der Waals surface area (Å²) in [5.41, 5.74) is 3.41. The fraction of sp³-hybridized carbons (Fsp3) is 0.333. The lowest BCUT2D eigenvalue weighted by Gasteiger charge is -2.17. The summed E-state index contributed by atoms with van der Waals surface area (Å²) < 4.78 is 18.8. The maximum absolute atomic E-state index is 13.4. The van der Waals surface area contributed by atoms with Gasteiger partial charge in [-0.1, -0.05) is 40.2 Å². The van der Waals surface area contributed by atoms with Crippen LogP contribution in [0.4, 0.5) is 4.39 Å². The second kappa shape index (κ2) is 7.60. The van der Waals surface area contributed by atoms with Gasteiger partial charge in [-0.05, 0) is 60.6 Å². The first-order chi connectivity index (χ1) is 10.1. The van der Waals surface area contributed by atoms with Gasteiger partial charge in [0, 0.05) is 5.33 Å². The van der Waals surface area contributed by atoms with E-state index in [0.717, 1.165) is 35.0 Å². The second-order valence-electron chi connectivity index (χ2n) is 5.31. The quantitative estimate of drug-likeness (QED) is 0.670. The van der Waals surface area contributed by atoms with Crippen molar-refractivity contribution in [2.75, 3.05) is 12.4 Å². The number of ether oxygens (including phenoxy) is 1. The molecule has 0 aliphatic rings. The Labute approximate surface area is 134 Å². The molecule has 0 heterocycles. The molecule has 2 aromatic rings. The summed E-state index contributed by atoms with van der Waals surface area (Å²) in [6.07, 6.45) is 1.76. The molecule has 0 fully saturated rings. The van der Waals surface area contributed by atoms with Crippen molar-refractivity contribution in [2.24, 2.45) is 5.92 Å². The highest BCUT2D eigenvalue weighted by atomic mass is 79.9. The summed E-state index contributed by atoms with van der Waals surface area (Å²) >= 11 is 3.59. The molecule has 1 nitrogen and oxygen atoms in total. The maximum Gasteiger partial charge on any atom is 0.123 e. The molecule has 3 heteroatoms. The van der Waals surface area contributed by atoms with Crippen LogP contribution >= 0.6 is 15.9 Å². The number of benzene rings is 2. The molecule has 2 aromatic carbocycles. The molecule has 0 bridgehead atoms. The summed E-state index contributed by atoms with van der Waals surface area (Å²) in [4.78, 5) is 0. The third kappa shape index (κ3) is 4.31. The average Bonchev–Trinajstić information content (AvgIpc) is 2.50. The van der Waals surface area contributed by atoms with Gasteiger partial charge in [-0.25, -0.2) is 4.39 Å². The van der Waals surface area contributed by atoms with E-state index in [1.807, 2.05) is 31.2 Å². The zero-order valence-electron chi connectivity index (χ0n) is 12.4. The predicted molar refractivity (Wildman–Crippen MR) is 88.8 cm³/mol. The molecule has 0 spiro atoms. The SMILES string of the molecule is COc1ccccc1CC(CBr)Cc1cc(F)ccc1C. The van der Waals surface area contributed by atoms with E-state index in [0.29, 0.717) is 5.92 Å². The van der Waals surface area contributed by atoms with E-state index in [2.05, 4.69) is 22.0 Å². The molecule has 1 unspecified atom stereocenters. The van der Waals surface area contributed by atoms with Crippen molar-refractivity contribution in [1.82, 2.24) is 0 Å². The largest absolute Gasteiger partial charge is 0.496 e. The molecule has 112 valence electrons. The van der Waals surface area contributed by atoms with Crippen LogP contribution in [0.1, 0.15) is 16.7 Å². The van der Waals surface area contributed by atoms with Crippen molar-refractivity contribution in [1.29, 1.82) is 0 Å². The molecule has 0 saturated carbocycles. The van der Waals surface area contributed by atoms with Crippen molar-refractivity contribution in [3.63, 3.8) is 0 Å². The molecular weight excluding hydrogens is 331 g/mol. The van der Waals surface area contributed by atoms with E-state index in [1.165, 1.54) is 11.6 Å². The zero-order valence-corrected chi connectivity index (χ0v) is 14.0. The van der Waals surface area contributed by atoms with Crippen LogP contribution in [0.3, 0.4) is 0 Å². The first kappa shape index (κ1) is 16.0. The first-order valence-electron chi connectivity index (χ1n) is 7.07. The van der Waals surface area contributed by atoms with Gasteiger partial charge in [-0.2, -0.15) is 0 Å². The van der Waals surface area contributed by atoms with Crippen LogP contribution in [0, 0.1) is 18.7 Å². The van der Waals surface area contributed by atoms with Gasteiger partial charge >= 0.3 is 0 Å². The van der Waals surface area contributed by atoms with Gasteiger partial charge in [0.1, 0.15) is 11.6 Å². The van der Waals surface area contributed by atoms with Crippen LogP contribution in [0.5, 0.6) is 5.75 Å². The van der Waals surface area contributed by atoms with Crippen LogP contribution in [0.2, 0.25) is 0 Å². The monoisotopic (exact) mass is 350 g/mol. The Morgan fingerprint density at radius 1 is 1.10 bits per heavy atom. The van der Waals surface area contributed by atoms with Crippen molar-refractivity contribution in [3.05, 3.63) is 65.0 Å². The molecule has 0 aliphatic heterocycles. The van der Waals surface area contributed by atoms with Crippen LogP contribution in [-0.4, -0.2) is 12.4 Å². The van der Waals surface area contributed by atoms with Gasteiger partial charge in [0.25, 0.3) is 0 Å². The Kier molecular flexibility index (Phi) is 5.80. The van der Waals surface area contributed by atoms with Crippen molar-refractivity contribution >= 4 is 15.9 Å². The zero-order chi connectivity index (χ0) is 15.2. The molecule has 0 amide bonds. The number of halogens is 2. The minimum absolute atomic E-state index is 0.166. The number of para-hydroxylation sites is 1. The predicted octanol–water partition coefficient (Wildman–Crippen LogP) is 4.94. The topological polar surface area (TPSA) is 9.23 Å². The van der Waals surface area contributed by atoms with E-state index in [9.17, 15) is 4.39 Å². The number of hydrogen-bond donors (Lipinski definition) is 0. The molecular formula is C18H20BrFO. The molecule has 0 N–H and O–H groups in total. The van der Waals surface area contributed by atoms with E-state index in [-0.39, 0.29) is 5.82 Å². The molecule has 0 radical (unpaired) electrons. The standard InChI is InChI=1S/C18H20BrFO/c1-13-7-8-17(20)11-16(13)10-14(12-19)9-15-5-3-4-6-18(15)21-2/h3-8,11,14H,9-10,12H2,1-2H3. The first-order valence-corrected chi connectivity index (χ1v) is 8.19. The number of rotatable bonds is 6. The summed E-state index contributed by atoms with van der Waals surface area (Å²) in [6, 6.07) is 13.1. The van der Waals surface area contributed by atoms with E-state index >= 15 is 0 Å². The van der Waals surface area contributed by atoms with Gasteiger partial charge in [0.2, 0.25) is 0 Å². The fourth-order valence-electron chi connectivity index (χ4n) is 2.53. The van der Waals surface area contributed by atoms with E-state index < -0.39 is 0 Å². The van der Waals surface area contributed by atoms with Crippen LogP contribution < -0.4 is 4.74 Å². The third-order valence-electron chi connectivity index (χ3n) is 3.74. The normalized spacial score (nSPS) is 12.2. The molecule has 21 heavy (non-hydrogen) atoms. The van der Waals surface area contributed by atoms with Gasteiger partial charge in [0.05, 0.1) is 7.11 Å². The van der Waals surface area contributed by atoms with Crippen LogP contribution in [0.15, 0.2) is 42.5 Å². The van der Waals surface area contributed by atoms with E-state index in [1.54, 1.807) is 13.2 Å². The number of alkyl halides is 1. The van der Waals surface area contributed by atoms with Crippen LogP contribution in [0.25, 0.3) is 0 Å². The van der Waals surface area contributed by atoms with E-state index in [4.69, 9.17) is 4.74 Å². The summed E-state index contributed by atoms with van der Waals surface area (Å²) in [6.45, 7) is 2.03. The Morgan fingerprint density at radius 3 is 2.52 bits per heavy atom. The van der Waals surface area contributed by atoms with Gasteiger partial charge in [-0.3, -0.25) is 0 Å². The minimum atomic E-state index is -0.166. The second-order valence-corrected chi connectivity index (χ2v) is 5.96. The van der Waals surface area contributed by atoms with Crippen molar-refractivity contribution in [2.45, 2.75) is 19.8 Å². The highest BCUT2D eigenvalue weighted by Gasteiger charge is 2.14. The number of hydrogen-bond acceptors (Lipinski definition) is 1. The van der Waals surface area contributed by atoms with Gasteiger partial charge < -0.3 is 4.74 Å². The van der Waals surface area contributed by atoms with Gasteiger partial charge in [0.15, 0.2) is 0 Å². The smallest absolute Gasteiger partial charge is 0.123 e. The average molecular weight is 351 g/mol. The van der Waals surface area contributed by atoms with Crippen molar-refractivity contribution < 1.29 is 9.13 Å². The number of methoxy groups -OCH3 is 1. The molecule has 0 saturated heterocycles. The van der Waals surface area contributed by atoms with Crippen molar-refractivity contribution in [3.8, 4) is 5.75 Å². The number of aryl methyl sites for hydroxylation is 1. The lowest BCUT2D eigenvalue weighted by atomic mass is 9.92. The van der Waals surface area contributed by atoms with Crippen LogP contribution in [-0.2, 0) is 12.8 Å². The molecule has 1 atom stereocenters. The molecule has 2 rings (SSSR count). The third-order valence-corrected chi connectivity index (χ3v) is 4.65. The molecule has 0 aliphatic carbocycles. The highest BCUT2D eigenvalue weighted by molar-refractivity contribution is 9.09. The van der Waals surface area contributed by atoms with Gasteiger partial charge in [-0.15, -0.1) is 0 Å². The Hall–Kier alpha value is -1.35. The minimum Gasteiger partial charge on any atom is -0.496 e. The highest BCUT2D eigenvalue weighted by Crippen LogP contribution is 2.25. The summed E-state index contributed by atoms with van der Waals surface area (Å²) in [5.74, 6) is 1.16. The lowest BCUT2D eigenvalue weighted by Crippen LogP contribution is -2.11. The Bertz CT molecular complexity index is 598. The summed E-state index contributed by atoms with van der Waals surface area (Å²) in [5, 5.41) is 0.876. The lowest BCUT2D eigenvalue weighted by molar-refractivity contribution is 0.405. The maximum atomic E-state index is 13.4. The molecule has 0 aromatic heterocycles. The Balaban J connectivity index is 2.15. The Morgan fingerprint density at radius 2 is 1.81 bits per heavy atom. The fourth-order valence-corrected chi connectivity index (χ4v) is 2.99. The summed E-state index contributed by atoms with van der Waals surface area (Å²) in [7, 11) is 1.69.